The highest BCUT2D eigenvalue weighted by atomic mass is 15.1. The lowest BCUT2D eigenvalue weighted by Crippen LogP contribution is -1.94. The van der Waals surface area contributed by atoms with Crippen molar-refractivity contribution in [1.29, 1.82) is 5.26 Å². The highest BCUT2D eigenvalue weighted by molar-refractivity contribution is 5.75. The van der Waals surface area contributed by atoms with Crippen molar-refractivity contribution in [2.45, 2.75) is 6.92 Å². The Morgan fingerprint density at radius 2 is 2.11 bits per heavy atom. The fraction of sp³-hybridized carbons (Fsp3) is 0.0667. The molecule has 2 N–H and O–H groups in total. The van der Waals surface area contributed by atoms with E-state index in [1.807, 2.05) is 41.8 Å². The molecule has 0 saturated carbocycles. The number of fused-ring (bicyclic) bond motifs is 1. The molecule has 0 fully saturated rings. The van der Waals surface area contributed by atoms with Gasteiger partial charge in [-0.3, -0.25) is 4.40 Å². The number of hydrogen-bond donors (Lipinski definition) is 1. The molecule has 0 amide bonds. The molecule has 4 nitrogen and oxygen atoms in total. The molecule has 0 aliphatic heterocycles. The summed E-state index contributed by atoms with van der Waals surface area (Å²) in [5.41, 5.74) is 10.3. The molecule has 0 aliphatic rings. The second-order valence-electron chi connectivity index (χ2n) is 4.47. The molecule has 2 aromatic heterocycles. The van der Waals surface area contributed by atoms with E-state index in [-0.39, 0.29) is 0 Å². The number of hydrogen-bond acceptors (Lipinski definition) is 3. The number of pyridine rings is 1. The maximum atomic E-state index is 8.95. The quantitative estimate of drug-likeness (QED) is 0.720. The van der Waals surface area contributed by atoms with Crippen LogP contribution in [-0.4, -0.2) is 9.38 Å². The van der Waals surface area contributed by atoms with Crippen molar-refractivity contribution in [2.24, 2.45) is 0 Å². The van der Waals surface area contributed by atoms with Gasteiger partial charge < -0.3 is 5.73 Å². The highest BCUT2D eigenvalue weighted by Gasteiger charge is 2.11. The lowest BCUT2D eigenvalue weighted by atomic mass is 10.1. The highest BCUT2D eigenvalue weighted by Crippen LogP contribution is 2.27. The number of benzene rings is 1. The Morgan fingerprint density at radius 3 is 2.89 bits per heavy atom. The monoisotopic (exact) mass is 248 g/mol. The van der Waals surface area contributed by atoms with Crippen molar-refractivity contribution < 1.29 is 0 Å². The second-order valence-corrected chi connectivity index (χ2v) is 4.47. The number of anilines is 1. The van der Waals surface area contributed by atoms with Crippen LogP contribution in [0.2, 0.25) is 0 Å². The van der Waals surface area contributed by atoms with Crippen molar-refractivity contribution in [3.63, 3.8) is 0 Å². The van der Waals surface area contributed by atoms with E-state index >= 15 is 0 Å². The smallest absolute Gasteiger partial charge is 0.139 e. The summed E-state index contributed by atoms with van der Waals surface area (Å²) in [4.78, 5) is 4.55. The molecule has 19 heavy (non-hydrogen) atoms. The molecule has 0 spiro atoms. The maximum Gasteiger partial charge on any atom is 0.139 e. The first-order chi connectivity index (χ1) is 9.19. The van der Waals surface area contributed by atoms with Crippen LogP contribution in [0, 0.1) is 18.3 Å². The topological polar surface area (TPSA) is 67.1 Å². The minimum Gasteiger partial charge on any atom is -0.383 e. The normalized spacial score (nSPS) is 10.5. The van der Waals surface area contributed by atoms with E-state index in [1.54, 1.807) is 12.1 Å². The molecule has 0 unspecified atom stereocenters. The fourth-order valence-electron chi connectivity index (χ4n) is 2.11. The van der Waals surface area contributed by atoms with Crippen molar-refractivity contribution in [3.8, 4) is 17.3 Å². The first-order valence-electron chi connectivity index (χ1n) is 5.94. The number of aromatic nitrogens is 2. The summed E-state index contributed by atoms with van der Waals surface area (Å²) in [7, 11) is 0. The average molecular weight is 248 g/mol. The van der Waals surface area contributed by atoms with Crippen LogP contribution >= 0.6 is 0 Å². The molecule has 0 bridgehead atoms. The lowest BCUT2D eigenvalue weighted by molar-refractivity contribution is 1.18. The van der Waals surface area contributed by atoms with Gasteiger partial charge in [-0.2, -0.15) is 5.26 Å². The van der Waals surface area contributed by atoms with Crippen molar-refractivity contribution in [1.82, 2.24) is 9.38 Å². The van der Waals surface area contributed by atoms with Crippen LogP contribution in [0.3, 0.4) is 0 Å². The average Bonchev–Trinajstić information content (AvgIpc) is 2.75. The van der Waals surface area contributed by atoms with Crippen LogP contribution in [0.15, 0.2) is 42.6 Å². The summed E-state index contributed by atoms with van der Waals surface area (Å²) in [5, 5.41) is 8.95. The number of imidazole rings is 1. The summed E-state index contributed by atoms with van der Waals surface area (Å²) in [5.74, 6) is 0.588. The summed E-state index contributed by atoms with van der Waals surface area (Å²) in [6, 6.07) is 13.4. The van der Waals surface area contributed by atoms with Crippen LogP contribution in [-0.2, 0) is 0 Å². The summed E-state index contributed by atoms with van der Waals surface area (Å²) >= 11 is 0. The number of nitrogen functional groups attached to an aromatic ring is 1. The molecule has 3 aromatic rings. The van der Waals surface area contributed by atoms with Gasteiger partial charge in [0, 0.05) is 11.8 Å². The fourth-order valence-corrected chi connectivity index (χ4v) is 2.11. The number of nitrogens with two attached hydrogens (primary N) is 1. The van der Waals surface area contributed by atoms with E-state index < -0.39 is 0 Å². The molecule has 2 heterocycles. The summed E-state index contributed by atoms with van der Waals surface area (Å²) < 4.78 is 1.85. The Hall–Kier alpha value is -2.80. The molecule has 0 saturated heterocycles. The summed E-state index contributed by atoms with van der Waals surface area (Å²) in [6.45, 7) is 2.01. The van der Waals surface area contributed by atoms with Gasteiger partial charge in [0.2, 0.25) is 0 Å². The van der Waals surface area contributed by atoms with Crippen LogP contribution in [0.4, 0.5) is 5.82 Å². The third-order valence-electron chi connectivity index (χ3n) is 3.08. The van der Waals surface area contributed by atoms with Crippen LogP contribution in [0.1, 0.15) is 11.1 Å². The van der Waals surface area contributed by atoms with E-state index in [4.69, 9.17) is 11.0 Å². The molecule has 0 atom stereocenters. The van der Waals surface area contributed by atoms with Crippen molar-refractivity contribution in [3.05, 3.63) is 53.7 Å². The number of nitrogens with zero attached hydrogens (tertiary/aromatic N) is 3. The Kier molecular flexibility index (Phi) is 2.46. The largest absolute Gasteiger partial charge is 0.383 e. The van der Waals surface area contributed by atoms with Gasteiger partial charge >= 0.3 is 0 Å². The Bertz CT molecular complexity index is 809. The third-order valence-corrected chi connectivity index (χ3v) is 3.08. The Morgan fingerprint density at radius 1 is 1.26 bits per heavy atom. The molecule has 3 rings (SSSR count). The number of rotatable bonds is 1. The number of nitriles is 1. The Balaban J connectivity index is 2.25. The zero-order chi connectivity index (χ0) is 13.4. The molecular formula is C15H12N4. The molecule has 1 aromatic carbocycles. The molecule has 0 aliphatic carbocycles. The standard InChI is InChI=1S/C15H12N4/c1-10-5-6-19-13(7-10)18-14(15(19)17)12-4-2-3-11(8-12)9-16/h2-8H,17H2,1H3. The van der Waals surface area contributed by atoms with Gasteiger partial charge in [-0.05, 0) is 36.8 Å². The van der Waals surface area contributed by atoms with Gasteiger partial charge in [0.25, 0.3) is 0 Å². The van der Waals surface area contributed by atoms with Crippen LogP contribution < -0.4 is 5.73 Å². The molecule has 4 heteroatoms. The predicted molar refractivity (Wildman–Crippen MR) is 74.5 cm³/mol. The minimum atomic E-state index is 0.588. The SMILES string of the molecule is Cc1ccn2c(N)c(-c3cccc(C#N)c3)nc2c1. The minimum absolute atomic E-state index is 0.588. The molecule has 0 radical (unpaired) electrons. The zero-order valence-electron chi connectivity index (χ0n) is 10.5. The van der Waals surface area contributed by atoms with E-state index in [2.05, 4.69) is 11.1 Å². The van der Waals surface area contributed by atoms with Gasteiger partial charge in [-0.1, -0.05) is 12.1 Å². The van der Waals surface area contributed by atoms with Gasteiger partial charge in [-0.25, -0.2) is 4.98 Å². The first-order valence-corrected chi connectivity index (χ1v) is 5.94. The third kappa shape index (κ3) is 1.81. The van der Waals surface area contributed by atoms with E-state index in [9.17, 15) is 0 Å². The predicted octanol–water partition coefficient (Wildman–Crippen LogP) is 2.76. The van der Waals surface area contributed by atoms with E-state index in [0.717, 1.165) is 16.8 Å². The van der Waals surface area contributed by atoms with Gasteiger partial charge in [-0.15, -0.1) is 0 Å². The van der Waals surface area contributed by atoms with E-state index in [1.165, 1.54) is 0 Å². The number of aryl methyl sites for hydroxylation is 1. The van der Waals surface area contributed by atoms with Crippen molar-refractivity contribution >= 4 is 11.5 Å². The van der Waals surface area contributed by atoms with Gasteiger partial charge in [0.15, 0.2) is 0 Å². The van der Waals surface area contributed by atoms with Crippen LogP contribution in [0.5, 0.6) is 0 Å². The Labute approximate surface area is 110 Å². The van der Waals surface area contributed by atoms with Gasteiger partial charge in [0.1, 0.15) is 17.2 Å². The van der Waals surface area contributed by atoms with Gasteiger partial charge in [0.05, 0.1) is 11.6 Å². The van der Waals surface area contributed by atoms with Crippen molar-refractivity contribution in [2.75, 3.05) is 5.73 Å². The lowest BCUT2D eigenvalue weighted by Gasteiger charge is -2.00. The molecule has 92 valence electrons. The van der Waals surface area contributed by atoms with Crippen LogP contribution in [0.25, 0.3) is 16.9 Å². The second kappa shape index (κ2) is 4.14. The molecular weight excluding hydrogens is 236 g/mol. The zero-order valence-corrected chi connectivity index (χ0v) is 10.5. The summed E-state index contributed by atoms with van der Waals surface area (Å²) in [6.07, 6.45) is 1.91. The first kappa shape index (κ1) is 11.3. The van der Waals surface area contributed by atoms with E-state index in [0.29, 0.717) is 17.1 Å². The maximum absolute atomic E-state index is 8.95.